The fraction of sp³-hybridized carbons (Fsp3) is 0.538. The van der Waals surface area contributed by atoms with Crippen LogP contribution in [0, 0.1) is 13.7 Å². The van der Waals surface area contributed by atoms with Gasteiger partial charge in [-0.15, -0.1) is 0 Å². The topological polar surface area (TPSA) is 55.6 Å². The number of ether oxygens (including phenoxy) is 1. The Morgan fingerprint density at radius 2 is 2.26 bits per heavy atom. The van der Waals surface area contributed by atoms with E-state index < -0.39 is 0 Å². The molecule has 1 aliphatic heterocycles. The van der Waals surface area contributed by atoms with Crippen molar-refractivity contribution in [1.82, 2.24) is 0 Å². The number of piperidine rings is 1. The molecule has 1 atom stereocenters. The number of anilines is 1. The molecule has 19 heavy (non-hydrogen) atoms. The number of hydrogen-bond acceptors (Lipinski definition) is 4. The molecule has 1 aliphatic rings. The van der Waals surface area contributed by atoms with Crippen molar-refractivity contribution in [3.8, 4) is 0 Å². The summed E-state index contributed by atoms with van der Waals surface area (Å²) in [7, 11) is 1.74. The smallest absolute Gasteiger partial charge is 0.282 e. The number of nitro benzene ring substituents is 1. The molecule has 2 rings (SSSR count). The van der Waals surface area contributed by atoms with E-state index in [1.165, 1.54) is 0 Å². The van der Waals surface area contributed by atoms with Gasteiger partial charge in [-0.1, -0.05) is 0 Å². The molecule has 0 aromatic heterocycles. The van der Waals surface area contributed by atoms with Crippen LogP contribution in [0.1, 0.15) is 19.8 Å². The second-order valence-electron chi connectivity index (χ2n) is 5.07. The van der Waals surface area contributed by atoms with Crippen molar-refractivity contribution in [2.45, 2.75) is 25.4 Å². The average molecular weight is 376 g/mol. The molecule has 1 aromatic carbocycles. The maximum atomic E-state index is 10.8. The lowest BCUT2D eigenvalue weighted by atomic mass is 9.94. The zero-order valence-electron chi connectivity index (χ0n) is 11.1. The summed E-state index contributed by atoms with van der Waals surface area (Å²) < 4.78 is 6.24. The van der Waals surface area contributed by atoms with E-state index in [1.54, 1.807) is 13.2 Å². The van der Waals surface area contributed by atoms with Crippen LogP contribution in [0.25, 0.3) is 0 Å². The third-order valence-electron chi connectivity index (χ3n) is 3.64. The number of halogens is 1. The minimum absolute atomic E-state index is 0.133. The van der Waals surface area contributed by atoms with Crippen LogP contribution in [0.15, 0.2) is 18.2 Å². The number of rotatable bonds is 3. The van der Waals surface area contributed by atoms with Crippen molar-refractivity contribution in [2.24, 2.45) is 0 Å². The molecule has 1 aromatic rings. The lowest BCUT2D eigenvalue weighted by Crippen LogP contribution is -2.47. The Morgan fingerprint density at radius 1 is 1.53 bits per heavy atom. The minimum Gasteiger partial charge on any atom is -0.377 e. The number of benzene rings is 1. The number of methoxy groups -OCH3 is 1. The highest BCUT2D eigenvalue weighted by Crippen LogP contribution is 2.31. The van der Waals surface area contributed by atoms with Gasteiger partial charge in [-0.25, -0.2) is 0 Å². The highest BCUT2D eigenvalue weighted by Gasteiger charge is 2.31. The van der Waals surface area contributed by atoms with Crippen molar-refractivity contribution in [1.29, 1.82) is 0 Å². The Labute approximate surface area is 126 Å². The lowest BCUT2D eigenvalue weighted by Gasteiger charge is -2.40. The summed E-state index contributed by atoms with van der Waals surface area (Å²) in [6, 6.07) is 5.28. The minimum atomic E-state index is -0.346. The average Bonchev–Trinajstić information content (AvgIpc) is 2.38. The second kappa shape index (κ2) is 5.62. The molecule has 0 saturated carbocycles. The Bertz CT molecular complexity index is 495. The summed E-state index contributed by atoms with van der Waals surface area (Å²) in [6.07, 6.45) is 2.11. The predicted molar refractivity (Wildman–Crippen MR) is 82.7 cm³/mol. The van der Waals surface area contributed by atoms with E-state index in [4.69, 9.17) is 4.74 Å². The van der Waals surface area contributed by atoms with E-state index in [2.05, 4.69) is 11.8 Å². The molecule has 0 amide bonds. The summed E-state index contributed by atoms with van der Waals surface area (Å²) in [5.74, 6) is 0. The Kier molecular flexibility index (Phi) is 4.29. The van der Waals surface area contributed by atoms with Crippen LogP contribution in [0.3, 0.4) is 0 Å². The molecule has 104 valence electrons. The van der Waals surface area contributed by atoms with Crippen molar-refractivity contribution >= 4 is 34.0 Å². The summed E-state index contributed by atoms with van der Waals surface area (Å²) in [6.45, 7) is 3.89. The molecule has 1 unspecified atom stereocenters. The van der Waals surface area contributed by atoms with Crippen LogP contribution >= 0.6 is 22.6 Å². The molecule has 0 aliphatic carbocycles. The van der Waals surface area contributed by atoms with E-state index in [9.17, 15) is 10.1 Å². The quantitative estimate of drug-likeness (QED) is 0.462. The van der Waals surface area contributed by atoms with E-state index in [0.29, 0.717) is 3.57 Å². The summed E-state index contributed by atoms with van der Waals surface area (Å²) in [5, 5.41) is 10.8. The Hall–Kier alpha value is -0.890. The molecule has 0 N–H and O–H groups in total. The first kappa shape index (κ1) is 14.5. The van der Waals surface area contributed by atoms with Gasteiger partial charge in [-0.05, 0) is 54.5 Å². The molecule has 0 bridgehead atoms. The highest BCUT2D eigenvalue weighted by molar-refractivity contribution is 14.1. The monoisotopic (exact) mass is 376 g/mol. The Balaban J connectivity index is 2.23. The molecule has 5 nitrogen and oxygen atoms in total. The van der Waals surface area contributed by atoms with Crippen LogP contribution in [0.4, 0.5) is 11.4 Å². The molecule has 0 radical (unpaired) electrons. The molecular formula is C13H17IN2O3. The van der Waals surface area contributed by atoms with Crippen LogP contribution in [-0.4, -0.2) is 30.7 Å². The lowest BCUT2D eigenvalue weighted by molar-refractivity contribution is -0.385. The summed E-state index contributed by atoms with van der Waals surface area (Å²) in [4.78, 5) is 12.7. The maximum absolute atomic E-state index is 10.8. The van der Waals surface area contributed by atoms with Gasteiger partial charge in [0.25, 0.3) is 5.69 Å². The van der Waals surface area contributed by atoms with Crippen LogP contribution in [-0.2, 0) is 4.74 Å². The molecular weight excluding hydrogens is 359 g/mol. The van der Waals surface area contributed by atoms with Gasteiger partial charge in [0, 0.05) is 32.0 Å². The highest BCUT2D eigenvalue weighted by atomic mass is 127. The van der Waals surface area contributed by atoms with Crippen molar-refractivity contribution in [3.63, 3.8) is 0 Å². The third kappa shape index (κ3) is 3.17. The second-order valence-corrected chi connectivity index (χ2v) is 6.23. The first-order valence-corrected chi connectivity index (χ1v) is 7.27. The largest absolute Gasteiger partial charge is 0.377 e. The number of nitrogens with zero attached hydrogens (tertiary/aromatic N) is 2. The van der Waals surface area contributed by atoms with Crippen molar-refractivity contribution in [3.05, 3.63) is 31.9 Å². The normalized spacial score (nSPS) is 23.4. The molecule has 1 fully saturated rings. The van der Waals surface area contributed by atoms with Gasteiger partial charge in [-0.2, -0.15) is 0 Å². The van der Waals surface area contributed by atoms with Gasteiger partial charge in [0.05, 0.1) is 14.1 Å². The van der Waals surface area contributed by atoms with Gasteiger partial charge in [-0.3, -0.25) is 10.1 Å². The van der Waals surface area contributed by atoms with E-state index in [1.807, 2.05) is 34.7 Å². The predicted octanol–water partition coefficient (Wildman–Crippen LogP) is 3.20. The number of nitro groups is 1. The van der Waals surface area contributed by atoms with Crippen LogP contribution in [0.5, 0.6) is 0 Å². The molecule has 0 spiro atoms. The Morgan fingerprint density at radius 3 is 2.84 bits per heavy atom. The first-order valence-electron chi connectivity index (χ1n) is 6.19. The van der Waals surface area contributed by atoms with Crippen LogP contribution < -0.4 is 4.90 Å². The fourth-order valence-electron chi connectivity index (χ4n) is 2.43. The van der Waals surface area contributed by atoms with Gasteiger partial charge < -0.3 is 9.64 Å². The maximum Gasteiger partial charge on any atom is 0.282 e. The van der Waals surface area contributed by atoms with E-state index in [0.717, 1.165) is 31.6 Å². The fourth-order valence-corrected chi connectivity index (χ4v) is 3.13. The molecule has 6 heteroatoms. The zero-order chi connectivity index (χ0) is 14.0. The SMILES string of the molecule is COC1(C)CCCN(c2ccc([N+](=O)[O-])c(I)c2)C1. The van der Waals surface area contributed by atoms with E-state index >= 15 is 0 Å². The standard InChI is InChI=1S/C13H17IN2O3/c1-13(19-2)6-3-7-15(9-13)10-4-5-12(16(17)18)11(14)8-10/h4-5,8H,3,6-7,9H2,1-2H3. The summed E-state index contributed by atoms with van der Waals surface area (Å²) >= 11 is 2.02. The van der Waals surface area contributed by atoms with Gasteiger partial charge >= 0.3 is 0 Å². The number of hydrogen-bond donors (Lipinski definition) is 0. The molecule has 1 saturated heterocycles. The van der Waals surface area contributed by atoms with Gasteiger partial charge in [0.2, 0.25) is 0 Å². The zero-order valence-corrected chi connectivity index (χ0v) is 13.2. The van der Waals surface area contributed by atoms with E-state index in [-0.39, 0.29) is 16.2 Å². The van der Waals surface area contributed by atoms with Crippen molar-refractivity contribution in [2.75, 3.05) is 25.1 Å². The van der Waals surface area contributed by atoms with Crippen LogP contribution in [0.2, 0.25) is 0 Å². The van der Waals surface area contributed by atoms with Crippen molar-refractivity contribution < 1.29 is 9.66 Å². The summed E-state index contributed by atoms with van der Waals surface area (Å²) in [5.41, 5.74) is 1.06. The molecule has 1 heterocycles. The van der Waals surface area contributed by atoms with Gasteiger partial charge in [0.1, 0.15) is 0 Å². The van der Waals surface area contributed by atoms with Gasteiger partial charge in [0.15, 0.2) is 0 Å². The third-order valence-corrected chi connectivity index (χ3v) is 4.51. The first-order chi connectivity index (χ1) is 8.95.